The molecule has 13 heteroatoms. The van der Waals surface area contributed by atoms with E-state index >= 15 is 0 Å². The first-order valence-corrected chi connectivity index (χ1v) is 9.97. The zero-order valence-electron chi connectivity index (χ0n) is 16.5. The van der Waals surface area contributed by atoms with Gasteiger partial charge in [0.05, 0.1) is 32.9 Å². The summed E-state index contributed by atoms with van der Waals surface area (Å²) in [5.74, 6) is -0.951. The minimum Gasteiger partial charge on any atom is -0.388 e. The van der Waals surface area contributed by atoms with Gasteiger partial charge in [-0.25, -0.2) is 0 Å². The number of halogens is 1. The Morgan fingerprint density at radius 3 is 2.31 bits per heavy atom. The topological polar surface area (TPSA) is 174 Å². The van der Waals surface area contributed by atoms with E-state index < -0.39 is 43.8 Å². The van der Waals surface area contributed by atoms with Crippen molar-refractivity contribution in [1.82, 2.24) is 0 Å². The maximum atomic E-state index is 12.2. The Morgan fingerprint density at radius 1 is 1.03 bits per heavy atom. The summed E-state index contributed by atoms with van der Waals surface area (Å²) in [5, 5.41) is 53.5. The van der Waals surface area contributed by atoms with Crippen molar-refractivity contribution in [3.8, 4) is 0 Å². The van der Waals surface area contributed by atoms with Gasteiger partial charge in [-0.1, -0.05) is 30.2 Å². The van der Waals surface area contributed by atoms with Crippen molar-refractivity contribution in [3.63, 3.8) is 0 Å². The van der Waals surface area contributed by atoms with Gasteiger partial charge in [0.25, 0.3) is 5.69 Å². The maximum absolute atomic E-state index is 12.2. The van der Waals surface area contributed by atoms with Gasteiger partial charge in [-0.3, -0.25) is 30.3 Å². The van der Waals surface area contributed by atoms with Gasteiger partial charge in [0.2, 0.25) is 0 Å². The van der Waals surface area contributed by atoms with Crippen molar-refractivity contribution in [3.05, 3.63) is 83.4 Å². The van der Waals surface area contributed by atoms with E-state index in [9.17, 15) is 35.4 Å². The molecule has 1 N–H and O–H groups in total. The molecule has 0 bridgehead atoms. The van der Waals surface area contributed by atoms with Gasteiger partial charge in [-0.15, -0.1) is 10.2 Å². The van der Waals surface area contributed by atoms with Crippen LogP contribution < -0.4 is 0 Å². The van der Waals surface area contributed by atoms with E-state index in [-0.39, 0.29) is 18.5 Å². The summed E-state index contributed by atoms with van der Waals surface area (Å²) in [4.78, 5) is 32.1. The van der Waals surface area contributed by atoms with Crippen molar-refractivity contribution >= 4 is 28.7 Å². The van der Waals surface area contributed by atoms with Crippen molar-refractivity contribution in [2.75, 3.05) is 0 Å². The van der Waals surface area contributed by atoms with Crippen LogP contribution in [-0.2, 0) is 0 Å². The Kier molecular flexibility index (Phi) is 6.75. The molecule has 1 fully saturated rings. The van der Waals surface area contributed by atoms with Crippen LogP contribution in [0.4, 0.5) is 17.1 Å². The van der Waals surface area contributed by atoms with Crippen molar-refractivity contribution in [1.29, 1.82) is 0 Å². The van der Waals surface area contributed by atoms with Crippen LogP contribution in [0.5, 0.6) is 0 Å². The van der Waals surface area contributed by atoms with E-state index in [1.807, 2.05) is 0 Å². The summed E-state index contributed by atoms with van der Waals surface area (Å²) >= 11 is 5.88. The van der Waals surface area contributed by atoms with E-state index in [2.05, 4.69) is 10.2 Å². The van der Waals surface area contributed by atoms with E-state index in [1.165, 1.54) is 0 Å². The number of non-ortho nitro benzene ring substituents is 1. The highest BCUT2D eigenvalue weighted by Gasteiger charge is 2.55. The van der Waals surface area contributed by atoms with Crippen LogP contribution in [0.3, 0.4) is 0 Å². The molecular weight excluding hydrogens is 446 g/mol. The molecule has 0 unspecified atom stereocenters. The average Bonchev–Trinajstić information content (AvgIpc) is 2.77. The predicted molar refractivity (Wildman–Crippen MR) is 112 cm³/mol. The van der Waals surface area contributed by atoms with Gasteiger partial charge in [-0.05, 0) is 36.6 Å². The van der Waals surface area contributed by atoms with Crippen LogP contribution in [-0.4, -0.2) is 25.5 Å². The van der Waals surface area contributed by atoms with Crippen LogP contribution >= 0.6 is 11.6 Å². The molecule has 32 heavy (non-hydrogen) atoms. The maximum Gasteiger partial charge on any atom is 0.335 e. The summed E-state index contributed by atoms with van der Waals surface area (Å²) in [7, 11) is 0. The molecule has 0 spiro atoms. The number of hydrogen-bond acceptors (Lipinski definition) is 9. The monoisotopic (exact) mass is 463 g/mol. The number of benzene rings is 2. The molecule has 0 saturated heterocycles. The fraction of sp³-hybridized carbons (Fsp3) is 0.368. The third-order valence-corrected chi connectivity index (χ3v) is 5.76. The SMILES string of the molecule is O=[N+]([O-])c1ccc(N=N[C@]2([N+](=O)[O-])CCCC[C@@H]2[C@H](O)c2ccc(Cl)cc2)c([N+](=O)[O-])c1. The Morgan fingerprint density at radius 2 is 1.72 bits per heavy atom. The van der Waals surface area contributed by atoms with E-state index in [0.29, 0.717) is 29.5 Å². The fourth-order valence-corrected chi connectivity index (χ4v) is 3.98. The number of aliphatic hydroxyl groups is 1. The molecule has 1 aliphatic rings. The van der Waals surface area contributed by atoms with E-state index in [1.54, 1.807) is 24.3 Å². The second-order valence-corrected chi connectivity index (χ2v) is 7.81. The molecule has 12 nitrogen and oxygen atoms in total. The van der Waals surface area contributed by atoms with Crippen molar-refractivity contribution in [2.24, 2.45) is 16.1 Å². The average molecular weight is 464 g/mol. The lowest BCUT2D eigenvalue weighted by atomic mass is 9.74. The van der Waals surface area contributed by atoms with E-state index in [4.69, 9.17) is 11.6 Å². The van der Waals surface area contributed by atoms with E-state index in [0.717, 1.165) is 12.1 Å². The van der Waals surface area contributed by atoms with Crippen LogP contribution in [0, 0.1) is 36.3 Å². The van der Waals surface area contributed by atoms with Crippen LogP contribution in [0.25, 0.3) is 0 Å². The summed E-state index contributed by atoms with van der Waals surface area (Å²) in [6.07, 6.45) is 0.0829. The molecule has 2 aromatic carbocycles. The highest BCUT2D eigenvalue weighted by Crippen LogP contribution is 2.45. The number of nitro groups is 3. The smallest absolute Gasteiger partial charge is 0.335 e. The first-order valence-electron chi connectivity index (χ1n) is 9.59. The quantitative estimate of drug-likeness (QED) is 0.336. The van der Waals surface area contributed by atoms with Gasteiger partial charge < -0.3 is 5.11 Å². The first kappa shape index (κ1) is 23.2. The molecule has 3 rings (SSSR count). The molecule has 3 atom stereocenters. The number of nitrogens with zero attached hydrogens (tertiary/aromatic N) is 5. The molecular formula is C19H18ClN5O7. The molecule has 168 valence electrons. The standard InChI is InChI=1S/C19H18ClN5O7/c20-13-6-4-12(5-7-13)18(26)15-3-1-2-10-19(15,25(31)32)22-21-16-9-8-14(23(27)28)11-17(16)24(29)30/h4-9,11,15,18,26H,1-3,10H2/t15-,18-,19+/m1/s1. The fourth-order valence-electron chi connectivity index (χ4n) is 3.85. The van der Waals surface area contributed by atoms with Crippen LogP contribution in [0.15, 0.2) is 52.7 Å². The largest absolute Gasteiger partial charge is 0.388 e. The zero-order chi connectivity index (χ0) is 23.5. The minimum absolute atomic E-state index is 0.0282. The van der Waals surface area contributed by atoms with Crippen LogP contribution in [0.1, 0.15) is 37.4 Å². The summed E-state index contributed by atoms with van der Waals surface area (Å²) in [5.41, 5.74) is -3.18. The number of aliphatic hydroxyl groups excluding tert-OH is 1. The van der Waals surface area contributed by atoms with Gasteiger partial charge in [-0.2, -0.15) is 0 Å². The molecule has 0 heterocycles. The third-order valence-electron chi connectivity index (χ3n) is 5.51. The third kappa shape index (κ3) is 4.55. The number of hydrogen-bond donors (Lipinski definition) is 1. The number of rotatable bonds is 7. The lowest BCUT2D eigenvalue weighted by Crippen LogP contribution is -2.48. The highest BCUT2D eigenvalue weighted by molar-refractivity contribution is 6.30. The second kappa shape index (κ2) is 9.32. The second-order valence-electron chi connectivity index (χ2n) is 7.37. The molecule has 0 aliphatic heterocycles. The Hall–Kier alpha value is -3.51. The summed E-state index contributed by atoms with van der Waals surface area (Å²) < 4.78 is 0. The normalized spacial score (nSPS) is 21.9. The molecule has 0 amide bonds. The molecule has 2 aromatic rings. The van der Waals surface area contributed by atoms with Gasteiger partial charge >= 0.3 is 11.4 Å². The predicted octanol–water partition coefficient (Wildman–Crippen LogP) is 5.14. The number of azo groups is 1. The summed E-state index contributed by atoms with van der Waals surface area (Å²) in [6.45, 7) is 0. The molecule has 0 radical (unpaired) electrons. The zero-order valence-corrected chi connectivity index (χ0v) is 17.3. The molecule has 1 aliphatic carbocycles. The van der Waals surface area contributed by atoms with Gasteiger partial charge in [0.15, 0.2) is 5.69 Å². The summed E-state index contributed by atoms with van der Waals surface area (Å²) in [6, 6.07) is 8.96. The molecule has 1 saturated carbocycles. The lowest BCUT2D eigenvalue weighted by Gasteiger charge is -2.35. The van der Waals surface area contributed by atoms with Gasteiger partial charge in [0.1, 0.15) is 0 Å². The van der Waals surface area contributed by atoms with Crippen molar-refractivity contribution in [2.45, 2.75) is 37.5 Å². The Balaban J connectivity index is 2.03. The van der Waals surface area contributed by atoms with Crippen LogP contribution in [0.2, 0.25) is 5.02 Å². The highest BCUT2D eigenvalue weighted by atomic mass is 35.5. The minimum atomic E-state index is -2.02. The number of nitro benzene ring substituents is 2. The Bertz CT molecular complexity index is 1080. The van der Waals surface area contributed by atoms with Gasteiger partial charge in [0, 0.05) is 17.5 Å². The lowest BCUT2D eigenvalue weighted by molar-refractivity contribution is -0.587. The Labute approximate surface area is 186 Å². The van der Waals surface area contributed by atoms with Crippen molar-refractivity contribution < 1.29 is 19.9 Å². The molecule has 0 aromatic heterocycles. The first-order chi connectivity index (χ1) is 15.2.